The fraction of sp³-hybridized carbons (Fsp3) is 0.0526. The van der Waals surface area contributed by atoms with Crippen molar-refractivity contribution in [3.8, 4) is 5.75 Å². The molecule has 3 aromatic rings. The predicted octanol–water partition coefficient (Wildman–Crippen LogP) is 3.19. The van der Waals surface area contributed by atoms with Gasteiger partial charge in [-0.05, 0) is 54.1 Å². The van der Waals surface area contributed by atoms with Gasteiger partial charge in [-0.1, -0.05) is 12.1 Å². The quantitative estimate of drug-likeness (QED) is 0.443. The van der Waals surface area contributed by atoms with Crippen molar-refractivity contribution in [2.75, 3.05) is 7.11 Å². The lowest BCUT2D eigenvalue weighted by Crippen LogP contribution is -2.20. The maximum Gasteiger partial charge on any atom is 0.174 e. The van der Waals surface area contributed by atoms with E-state index in [9.17, 15) is 0 Å². The Hall–Kier alpha value is -3.54. The molecule has 2 heterocycles. The SMILES string of the molecule is COc1ccc(/C=N/N/C(=N\c2ccccn2)c2ccccn2)cc1. The van der Waals surface area contributed by atoms with Gasteiger partial charge < -0.3 is 4.74 Å². The molecule has 25 heavy (non-hydrogen) atoms. The van der Waals surface area contributed by atoms with E-state index in [1.54, 1.807) is 25.7 Å². The van der Waals surface area contributed by atoms with Gasteiger partial charge in [0.15, 0.2) is 11.7 Å². The molecule has 2 aromatic heterocycles. The molecule has 0 aliphatic carbocycles. The Balaban J connectivity index is 1.80. The highest BCUT2D eigenvalue weighted by atomic mass is 16.5. The molecule has 0 fully saturated rings. The first-order valence-electron chi connectivity index (χ1n) is 7.69. The van der Waals surface area contributed by atoms with Crippen molar-refractivity contribution in [1.82, 2.24) is 15.4 Å². The molecular weight excluding hydrogens is 314 g/mol. The van der Waals surface area contributed by atoms with Crippen molar-refractivity contribution < 1.29 is 4.74 Å². The maximum atomic E-state index is 5.14. The Morgan fingerprint density at radius 2 is 1.72 bits per heavy atom. The molecule has 6 nitrogen and oxygen atoms in total. The lowest BCUT2D eigenvalue weighted by molar-refractivity contribution is 0.415. The van der Waals surface area contributed by atoms with Crippen LogP contribution in [-0.2, 0) is 0 Å². The molecule has 124 valence electrons. The minimum Gasteiger partial charge on any atom is -0.497 e. The monoisotopic (exact) mass is 331 g/mol. The van der Waals surface area contributed by atoms with E-state index in [4.69, 9.17) is 4.74 Å². The molecule has 0 aliphatic rings. The molecule has 1 aromatic carbocycles. The van der Waals surface area contributed by atoms with Crippen LogP contribution in [-0.4, -0.2) is 29.1 Å². The van der Waals surface area contributed by atoms with Gasteiger partial charge in [0.1, 0.15) is 11.4 Å². The number of hydrogen-bond acceptors (Lipinski definition) is 5. The average molecular weight is 331 g/mol. The number of hydrazone groups is 1. The molecule has 3 rings (SSSR count). The molecule has 0 radical (unpaired) electrons. The second-order valence-corrected chi connectivity index (χ2v) is 5.01. The van der Waals surface area contributed by atoms with Gasteiger partial charge in [-0.3, -0.25) is 10.4 Å². The standard InChI is InChI=1S/C19H17N5O/c1-25-16-10-8-15(9-11-16)14-22-24-19(17-6-2-4-12-20-17)23-18-7-3-5-13-21-18/h2-14H,1H3,(H,21,23,24)/b22-14+. The van der Waals surface area contributed by atoms with Crippen LogP contribution in [0.1, 0.15) is 11.3 Å². The fourth-order valence-electron chi connectivity index (χ4n) is 2.03. The van der Waals surface area contributed by atoms with Crippen LogP contribution in [0.15, 0.2) is 83.2 Å². The summed E-state index contributed by atoms with van der Waals surface area (Å²) in [5.74, 6) is 1.90. The van der Waals surface area contributed by atoms with Gasteiger partial charge in [-0.15, -0.1) is 0 Å². The van der Waals surface area contributed by atoms with Crippen LogP contribution in [0, 0.1) is 0 Å². The molecule has 0 unspecified atom stereocenters. The molecule has 0 saturated heterocycles. The van der Waals surface area contributed by atoms with Crippen molar-refractivity contribution in [2.45, 2.75) is 0 Å². The number of aliphatic imine (C=N–C) groups is 1. The second kappa shape index (κ2) is 8.35. The van der Waals surface area contributed by atoms with Crippen molar-refractivity contribution in [3.05, 3.63) is 84.3 Å². The molecular formula is C19H17N5O. The van der Waals surface area contributed by atoms with Gasteiger partial charge in [0.2, 0.25) is 0 Å². The van der Waals surface area contributed by atoms with E-state index < -0.39 is 0 Å². The fourth-order valence-corrected chi connectivity index (χ4v) is 2.03. The summed E-state index contributed by atoms with van der Waals surface area (Å²) in [5.41, 5.74) is 4.56. The molecule has 1 N–H and O–H groups in total. The highest BCUT2D eigenvalue weighted by Crippen LogP contribution is 2.10. The van der Waals surface area contributed by atoms with Crippen molar-refractivity contribution in [1.29, 1.82) is 0 Å². The van der Waals surface area contributed by atoms with Crippen molar-refractivity contribution >= 4 is 17.9 Å². The number of benzene rings is 1. The second-order valence-electron chi connectivity index (χ2n) is 5.01. The summed E-state index contributed by atoms with van der Waals surface area (Å²) in [4.78, 5) is 13.0. The maximum absolute atomic E-state index is 5.14. The third kappa shape index (κ3) is 4.71. The Kier molecular flexibility index (Phi) is 5.45. The van der Waals surface area contributed by atoms with Crippen LogP contribution in [0.3, 0.4) is 0 Å². The van der Waals surface area contributed by atoms with Crippen molar-refractivity contribution in [3.63, 3.8) is 0 Å². The Morgan fingerprint density at radius 3 is 2.36 bits per heavy atom. The van der Waals surface area contributed by atoms with E-state index in [1.165, 1.54) is 0 Å². The van der Waals surface area contributed by atoms with E-state index in [0.29, 0.717) is 17.3 Å². The zero-order chi connectivity index (χ0) is 17.3. The van der Waals surface area contributed by atoms with E-state index >= 15 is 0 Å². The number of nitrogens with zero attached hydrogens (tertiary/aromatic N) is 4. The topological polar surface area (TPSA) is 71.8 Å². The highest BCUT2D eigenvalue weighted by molar-refractivity contribution is 5.98. The molecule has 0 amide bonds. The zero-order valence-electron chi connectivity index (χ0n) is 13.7. The van der Waals surface area contributed by atoms with Crippen LogP contribution in [0.2, 0.25) is 0 Å². The first-order chi connectivity index (χ1) is 12.3. The predicted molar refractivity (Wildman–Crippen MR) is 98.4 cm³/mol. The molecule has 0 aliphatic heterocycles. The summed E-state index contributed by atoms with van der Waals surface area (Å²) >= 11 is 0. The minimum atomic E-state index is 0.518. The first kappa shape index (κ1) is 16.3. The number of hydrogen-bond donors (Lipinski definition) is 1. The molecule has 0 atom stereocenters. The van der Waals surface area contributed by atoms with E-state index in [1.807, 2.05) is 60.7 Å². The Labute approximate surface area is 146 Å². The third-order valence-electron chi connectivity index (χ3n) is 3.28. The number of nitrogens with one attached hydrogen (secondary N) is 1. The lowest BCUT2D eigenvalue weighted by atomic mass is 10.2. The van der Waals surface area contributed by atoms with Crippen LogP contribution >= 0.6 is 0 Å². The van der Waals surface area contributed by atoms with Gasteiger partial charge in [0, 0.05) is 12.4 Å². The smallest absolute Gasteiger partial charge is 0.174 e. The Morgan fingerprint density at radius 1 is 0.960 bits per heavy atom. The number of aromatic nitrogens is 2. The summed E-state index contributed by atoms with van der Waals surface area (Å²) in [6.45, 7) is 0. The summed E-state index contributed by atoms with van der Waals surface area (Å²) in [6, 6.07) is 18.7. The third-order valence-corrected chi connectivity index (χ3v) is 3.28. The largest absolute Gasteiger partial charge is 0.497 e. The van der Waals surface area contributed by atoms with E-state index in [-0.39, 0.29) is 0 Å². The molecule has 6 heteroatoms. The van der Waals surface area contributed by atoms with Crippen LogP contribution in [0.5, 0.6) is 5.75 Å². The van der Waals surface area contributed by atoms with Gasteiger partial charge >= 0.3 is 0 Å². The van der Waals surface area contributed by atoms with Crippen LogP contribution < -0.4 is 10.2 Å². The van der Waals surface area contributed by atoms with Crippen LogP contribution in [0.4, 0.5) is 5.82 Å². The van der Waals surface area contributed by atoms with Crippen LogP contribution in [0.25, 0.3) is 0 Å². The summed E-state index contributed by atoms with van der Waals surface area (Å²) in [5, 5.41) is 4.26. The first-order valence-corrected chi connectivity index (χ1v) is 7.69. The molecule has 0 saturated carbocycles. The van der Waals surface area contributed by atoms with Gasteiger partial charge in [0.25, 0.3) is 0 Å². The molecule has 0 spiro atoms. The van der Waals surface area contributed by atoms with Crippen molar-refractivity contribution in [2.24, 2.45) is 10.1 Å². The lowest BCUT2D eigenvalue weighted by Gasteiger charge is -2.05. The van der Waals surface area contributed by atoms with E-state index in [0.717, 1.165) is 11.3 Å². The zero-order valence-corrected chi connectivity index (χ0v) is 13.7. The summed E-state index contributed by atoms with van der Waals surface area (Å²) in [7, 11) is 1.64. The number of methoxy groups -OCH3 is 1. The number of ether oxygens (including phenoxy) is 1. The normalized spacial score (nSPS) is 11.5. The van der Waals surface area contributed by atoms with Gasteiger partial charge in [0.05, 0.1) is 13.3 Å². The number of pyridine rings is 2. The summed E-state index contributed by atoms with van der Waals surface area (Å²) in [6.07, 6.45) is 5.10. The van der Waals surface area contributed by atoms with Gasteiger partial charge in [-0.2, -0.15) is 5.10 Å². The average Bonchev–Trinajstić information content (AvgIpc) is 2.69. The Bertz CT molecular complexity index is 846. The highest BCUT2D eigenvalue weighted by Gasteiger charge is 2.04. The number of rotatable bonds is 5. The van der Waals surface area contributed by atoms with E-state index in [2.05, 4.69) is 25.5 Å². The van der Waals surface area contributed by atoms with Gasteiger partial charge in [-0.25, -0.2) is 9.98 Å². The molecule has 0 bridgehead atoms. The number of amidine groups is 1. The minimum absolute atomic E-state index is 0.518. The summed E-state index contributed by atoms with van der Waals surface area (Å²) < 4.78 is 5.14.